The van der Waals surface area contributed by atoms with Gasteiger partial charge in [0, 0.05) is 30.5 Å². The van der Waals surface area contributed by atoms with Gasteiger partial charge in [0.2, 0.25) is 0 Å². The second-order valence-electron chi connectivity index (χ2n) is 12.8. The maximum atomic E-state index is 13.3. The van der Waals surface area contributed by atoms with Gasteiger partial charge in [0.15, 0.2) is 5.78 Å². The molecule has 5 nitrogen and oxygen atoms in total. The van der Waals surface area contributed by atoms with E-state index in [0.717, 1.165) is 12.0 Å². The second kappa shape index (κ2) is 21.0. The molecule has 5 heteroatoms. The average molecular weight is 620 g/mol. The number of esters is 1. The van der Waals surface area contributed by atoms with Gasteiger partial charge in [0.1, 0.15) is 6.61 Å². The fourth-order valence-corrected chi connectivity index (χ4v) is 7.55. The number of Topliss-reactive ketones (excluding diaryl/α,β-unsaturated/α-hetero) is 1. The van der Waals surface area contributed by atoms with Crippen LogP contribution in [-0.4, -0.2) is 24.2 Å². The summed E-state index contributed by atoms with van der Waals surface area (Å²) in [5, 5.41) is 3.30. The molecule has 0 fully saturated rings. The third-order valence-electron chi connectivity index (χ3n) is 10.3. The molecule has 0 aliphatic heterocycles. The topological polar surface area (TPSA) is 72.5 Å². The molecule has 2 rings (SSSR count). The smallest absolute Gasteiger partial charge is 0.306 e. The minimum absolute atomic E-state index is 0.0330. The summed E-state index contributed by atoms with van der Waals surface area (Å²) in [6.45, 7) is 17.2. The van der Waals surface area contributed by atoms with Crippen LogP contribution in [0.2, 0.25) is 0 Å². The maximum Gasteiger partial charge on any atom is 0.306 e. The summed E-state index contributed by atoms with van der Waals surface area (Å²) < 4.78 is 5.43. The minimum atomic E-state index is -0.324. The molecule has 2 aromatic rings. The zero-order chi connectivity index (χ0) is 33.2. The van der Waals surface area contributed by atoms with Gasteiger partial charge in [-0.1, -0.05) is 136 Å². The van der Waals surface area contributed by atoms with Gasteiger partial charge in [0.25, 0.3) is 5.91 Å². The maximum absolute atomic E-state index is 13.3. The van der Waals surface area contributed by atoms with E-state index in [2.05, 4.69) is 53.8 Å². The van der Waals surface area contributed by atoms with Crippen molar-refractivity contribution in [3.05, 3.63) is 71.3 Å². The highest BCUT2D eigenvalue weighted by atomic mass is 16.5. The number of carbonyl (C=O) groups excluding carboxylic acids is 3. The first kappa shape index (κ1) is 38.2. The number of rotatable bonds is 22. The lowest BCUT2D eigenvalue weighted by Gasteiger charge is -2.45. The number of amides is 1. The second-order valence-corrected chi connectivity index (χ2v) is 12.8. The summed E-state index contributed by atoms with van der Waals surface area (Å²) >= 11 is 0. The molecule has 0 aromatic heterocycles. The quantitative estimate of drug-likeness (QED) is 0.105. The number of hydrogen-bond donors (Lipinski definition) is 1. The Morgan fingerprint density at radius 3 is 1.58 bits per heavy atom. The van der Waals surface area contributed by atoms with Crippen LogP contribution in [0, 0.1) is 35.5 Å². The Bertz CT molecular complexity index is 1100. The van der Waals surface area contributed by atoms with Crippen LogP contribution in [0.15, 0.2) is 54.6 Å². The first-order chi connectivity index (χ1) is 21.8. The summed E-state index contributed by atoms with van der Waals surface area (Å²) in [5.74, 6) is 3.44. The van der Waals surface area contributed by atoms with Crippen LogP contribution in [0.4, 0.5) is 0 Å². The predicted octanol–water partition coefficient (Wildman–Crippen LogP) is 10.1. The number of ether oxygens (including phenoxy) is 1. The molecule has 0 heterocycles. The normalized spacial score (nSPS) is 13.0. The van der Waals surface area contributed by atoms with E-state index in [1.165, 1.54) is 38.5 Å². The van der Waals surface area contributed by atoms with E-state index in [1.807, 2.05) is 42.5 Å². The lowest BCUT2D eigenvalue weighted by molar-refractivity contribution is -0.145. The summed E-state index contributed by atoms with van der Waals surface area (Å²) in [7, 11) is 0. The number of nitrogens with one attached hydrogen (secondary N) is 1. The summed E-state index contributed by atoms with van der Waals surface area (Å²) in [6.07, 6.45) is 9.25. The first-order valence-electron chi connectivity index (χ1n) is 17.9. The molecule has 250 valence electrons. The van der Waals surface area contributed by atoms with Crippen molar-refractivity contribution in [2.24, 2.45) is 35.5 Å². The summed E-state index contributed by atoms with van der Waals surface area (Å²) in [4.78, 5) is 37.8. The Morgan fingerprint density at radius 2 is 1.09 bits per heavy atom. The number of carbonyl (C=O) groups is 3. The van der Waals surface area contributed by atoms with Crippen LogP contribution < -0.4 is 5.32 Å². The van der Waals surface area contributed by atoms with E-state index < -0.39 is 0 Å². The first-order valence-corrected chi connectivity index (χ1v) is 17.9. The molecule has 0 aliphatic rings. The number of hydrogen-bond acceptors (Lipinski definition) is 4. The van der Waals surface area contributed by atoms with Crippen molar-refractivity contribution < 1.29 is 19.1 Å². The van der Waals surface area contributed by atoms with Crippen LogP contribution in [0.1, 0.15) is 139 Å². The van der Waals surface area contributed by atoms with Crippen molar-refractivity contribution in [2.45, 2.75) is 119 Å². The Balaban J connectivity index is 1.98. The summed E-state index contributed by atoms with van der Waals surface area (Å²) in [6, 6.07) is 16.4. The van der Waals surface area contributed by atoms with Crippen LogP contribution in [-0.2, 0) is 16.1 Å². The zero-order valence-corrected chi connectivity index (χ0v) is 29.3. The zero-order valence-electron chi connectivity index (χ0n) is 29.3. The lowest BCUT2D eigenvalue weighted by Crippen LogP contribution is -2.43. The van der Waals surface area contributed by atoms with Crippen molar-refractivity contribution in [1.82, 2.24) is 5.32 Å². The monoisotopic (exact) mass is 619 g/mol. The molecular weight excluding hydrogens is 558 g/mol. The van der Waals surface area contributed by atoms with E-state index >= 15 is 0 Å². The van der Waals surface area contributed by atoms with Gasteiger partial charge < -0.3 is 10.1 Å². The van der Waals surface area contributed by atoms with Crippen LogP contribution in [0.5, 0.6) is 0 Å². The molecule has 0 aliphatic carbocycles. The molecule has 0 radical (unpaired) electrons. The highest BCUT2D eigenvalue weighted by molar-refractivity contribution is 5.96. The fraction of sp³-hybridized carbons (Fsp3) is 0.625. The molecule has 0 saturated heterocycles. The van der Waals surface area contributed by atoms with Crippen LogP contribution >= 0.6 is 0 Å². The molecule has 2 aromatic carbocycles. The van der Waals surface area contributed by atoms with Gasteiger partial charge in [-0.15, -0.1) is 0 Å². The Hall–Kier alpha value is -2.95. The van der Waals surface area contributed by atoms with Crippen LogP contribution in [0.25, 0.3) is 0 Å². The third-order valence-corrected chi connectivity index (χ3v) is 10.3. The molecular formula is C40H61NO4. The summed E-state index contributed by atoms with van der Waals surface area (Å²) in [5.41, 5.74) is 2.12. The number of benzene rings is 2. The highest BCUT2D eigenvalue weighted by Crippen LogP contribution is 2.45. The van der Waals surface area contributed by atoms with E-state index in [4.69, 9.17) is 4.74 Å². The molecule has 0 bridgehead atoms. The van der Waals surface area contributed by atoms with Crippen molar-refractivity contribution in [3.8, 4) is 0 Å². The molecule has 1 N–H and O–H groups in total. The van der Waals surface area contributed by atoms with Gasteiger partial charge in [-0.05, 0) is 59.6 Å². The minimum Gasteiger partial charge on any atom is -0.461 e. The fourth-order valence-electron chi connectivity index (χ4n) is 7.55. The van der Waals surface area contributed by atoms with Crippen LogP contribution in [0.3, 0.4) is 0 Å². The number of ketones is 1. The highest BCUT2D eigenvalue weighted by Gasteiger charge is 2.40. The standard InChI is InChI=1S/C40H61NO4/c1-8-30(9-2)38(31(10-3)11-4)39(32(12-5)13-6)33(14-7)27-41-40(44)35-25-23-29(24-26-35)28-45-37(43)22-18-21-36(42)34-19-16-15-17-20-34/h15-17,19-20,23-26,30-33,38-39H,8-14,18,21-22,27-28H2,1-7H3,(H,41,44). The van der Waals surface area contributed by atoms with Crippen molar-refractivity contribution in [2.75, 3.05) is 6.54 Å². The third kappa shape index (κ3) is 11.7. The van der Waals surface area contributed by atoms with E-state index in [0.29, 0.717) is 66.0 Å². The Morgan fingerprint density at radius 1 is 0.600 bits per heavy atom. The molecule has 2 atom stereocenters. The molecule has 2 unspecified atom stereocenters. The molecule has 0 saturated carbocycles. The van der Waals surface area contributed by atoms with E-state index in [1.54, 1.807) is 12.1 Å². The van der Waals surface area contributed by atoms with Gasteiger partial charge >= 0.3 is 5.97 Å². The van der Waals surface area contributed by atoms with Gasteiger partial charge in [-0.2, -0.15) is 0 Å². The van der Waals surface area contributed by atoms with Gasteiger partial charge in [-0.3, -0.25) is 14.4 Å². The lowest BCUT2D eigenvalue weighted by atomic mass is 9.60. The Labute approximate surface area is 274 Å². The molecule has 45 heavy (non-hydrogen) atoms. The predicted molar refractivity (Wildman–Crippen MR) is 186 cm³/mol. The Kier molecular flexibility index (Phi) is 17.8. The molecule has 1 amide bonds. The van der Waals surface area contributed by atoms with Crippen molar-refractivity contribution in [3.63, 3.8) is 0 Å². The van der Waals surface area contributed by atoms with E-state index in [-0.39, 0.29) is 30.7 Å². The largest absolute Gasteiger partial charge is 0.461 e. The average Bonchev–Trinajstić information content (AvgIpc) is 3.08. The van der Waals surface area contributed by atoms with E-state index in [9.17, 15) is 14.4 Å². The molecule has 0 spiro atoms. The SMILES string of the molecule is CCC(CC)C(C(CC)CC)C(C(CC)CC)C(CC)CNC(=O)c1ccc(COC(=O)CCCC(=O)c2ccccc2)cc1. The van der Waals surface area contributed by atoms with Crippen molar-refractivity contribution in [1.29, 1.82) is 0 Å². The van der Waals surface area contributed by atoms with Gasteiger partial charge in [0.05, 0.1) is 0 Å². The van der Waals surface area contributed by atoms with Gasteiger partial charge in [-0.25, -0.2) is 0 Å². The van der Waals surface area contributed by atoms with Crippen molar-refractivity contribution >= 4 is 17.7 Å².